The predicted octanol–water partition coefficient (Wildman–Crippen LogP) is 7.07. The Balaban J connectivity index is 1.81. The lowest BCUT2D eigenvalue weighted by atomic mass is 9.96. The molecular weight excluding hydrogens is 673 g/mol. The third kappa shape index (κ3) is 5.19. The van der Waals surface area contributed by atoms with Gasteiger partial charge in [-0.1, -0.05) is 55.2 Å². The minimum atomic E-state index is -1.05. The van der Waals surface area contributed by atoms with Crippen LogP contribution in [0.2, 0.25) is 15.1 Å². The molecule has 2 atom stereocenters. The molecule has 4 aromatic rings. The van der Waals surface area contributed by atoms with E-state index in [0.717, 1.165) is 6.07 Å². The van der Waals surface area contributed by atoms with Crippen LogP contribution in [-0.4, -0.2) is 57.1 Å². The number of carbonyl (C=O) groups excluding carboxylic acids is 1. The maximum Gasteiger partial charge on any atom is 0.354 e. The lowest BCUT2D eigenvalue weighted by Gasteiger charge is -2.47. The van der Waals surface area contributed by atoms with Gasteiger partial charge in [-0.2, -0.15) is 4.98 Å². The molecule has 2 N–H and O–H groups in total. The maximum atomic E-state index is 17.0. The second-order valence-electron chi connectivity index (χ2n) is 12.1. The fourth-order valence-corrected chi connectivity index (χ4v) is 7.47. The number of ether oxygens (including phenoxy) is 1. The Morgan fingerprint density at radius 1 is 1.17 bits per heavy atom. The molecule has 1 amide bonds. The van der Waals surface area contributed by atoms with Crippen molar-refractivity contribution in [1.82, 2.24) is 19.4 Å². The highest BCUT2D eigenvalue weighted by molar-refractivity contribution is 6.40. The number of nitrogens with zero attached hydrogens (tertiary/aromatic N) is 5. The second-order valence-corrected chi connectivity index (χ2v) is 13.3. The Hall–Kier alpha value is -3.93. The molecule has 2 aromatic carbocycles. The van der Waals surface area contributed by atoms with E-state index in [2.05, 4.69) is 16.5 Å². The van der Waals surface area contributed by atoms with E-state index in [1.807, 2.05) is 25.7 Å². The van der Waals surface area contributed by atoms with Crippen LogP contribution in [0.3, 0.4) is 0 Å². The number of piperazine rings is 1. The summed E-state index contributed by atoms with van der Waals surface area (Å²) in [5.74, 6) is -2.64. The molecule has 246 valence electrons. The first-order valence-electron chi connectivity index (χ1n) is 15.0. The maximum absolute atomic E-state index is 17.0. The number of fused-ring (bicyclic) bond motifs is 2. The number of hydrogen-bond acceptors (Lipinski definition) is 7. The normalized spacial score (nSPS) is 17.7. The summed E-state index contributed by atoms with van der Waals surface area (Å²) in [5, 5.41) is -0.758. The summed E-state index contributed by atoms with van der Waals surface area (Å²) in [6.45, 7) is 11.7. The molecule has 1 fully saturated rings. The van der Waals surface area contributed by atoms with Gasteiger partial charge in [-0.05, 0) is 43.5 Å². The number of amides is 1. The van der Waals surface area contributed by atoms with Gasteiger partial charge in [0.05, 0.1) is 55.7 Å². The van der Waals surface area contributed by atoms with Gasteiger partial charge in [0.2, 0.25) is 5.91 Å². The van der Waals surface area contributed by atoms with Crippen LogP contribution in [0.5, 0.6) is 5.75 Å². The molecule has 47 heavy (non-hydrogen) atoms. The number of nitrogens with two attached hydrogens (primary N) is 1. The minimum Gasteiger partial charge on any atom is -0.490 e. The fraction of sp³-hybridized carbons (Fsp3) is 0.333. The number of hydrogen-bond donors (Lipinski definition) is 1. The highest BCUT2D eigenvalue weighted by atomic mass is 35.5. The molecular formula is C33H31Cl3F2N6O3. The quantitative estimate of drug-likeness (QED) is 0.138. The molecule has 9 nitrogen and oxygen atoms in total. The van der Waals surface area contributed by atoms with Crippen molar-refractivity contribution in [3.05, 3.63) is 79.4 Å². The third-order valence-electron chi connectivity index (χ3n) is 8.75. The van der Waals surface area contributed by atoms with Gasteiger partial charge in [0.1, 0.15) is 5.82 Å². The van der Waals surface area contributed by atoms with E-state index >= 15 is 8.78 Å². The monoisotopic (exact) mass is 702 g/mol. The number of halogens is 5. The molecule has 0 aliphatic carbocycles. The van der Waals surface area contributed by atoms with Crippen LogP contribution in [0.4, 0.5) is 20.3 Å². The summed E-state index contributed by atoms with van der Waals surface area (Å²) in [4.78, 5) is 39.7. The van der Waals surface area contributed by atoms with Crippen LogP contribution in [0.15, 0.2) is 35.8 Å². The van der Waals surface area contributed by atoms with Crippen molar-refractivity contribution in [2.45, 2.75) is 52.1 Å². The molecule has 0 saturated carbocycles. The van der Waals surface area contributed by atoms with Crippen LogP contribution >= 0.6 is 34.8 Å². The van der Waals surface area contributed by atoms with Crippen LogP contribution in [-0.2, 0) is 4.79 Å². The largest absolute Gasteiger partial charge is 0.490 e. The summed E-state index contributed by atoms with van der Waals surface area (Å²) in [6, 6.07) is 2.13. The molecule has 6 rings (SSSR count). The van der Waals surface area contributed by atoms with E-state index in [1.165, 1.54) is 10.6 Å². The molecule has 0 bridgehead atoms. The van der Waals surface area contributed by atoms with Gasteiger partial charge in [-0.15, -0.1) is 0 Å². The number of pyridine rings is 1. The van der Waals surface area contributed by atoms with E-state index in [1.54, 1.807) is 24.1 Å². The lowest BCUT2D eigenvalue weighted by Crippen LogP contribution is -2.60. The number of rotatable bonds is 4. The molecule has 0 radical (unpaired) electrons. The van der Waals surface area contributed by atoms with Crippen LogP contribution in [0.25, 0.3) is 27.7 Å². The van der Waals surface area contributed by atoms with Gasteiger partial charge < -0.3 is 20.3 Å². The van der Waals surface area contributed by atoms with Crippen molar-refractivity contribution in [1.29, 1.82) is 0 Å². The van der Waals surface area contributed by atoms with Gasteiger partial charge in [0.25, 0.3) is 0 Å². The minimum absolute atomic E-state index is 0.00704. The summed E-state index contributed by atoms with van der Waals surface area (Å²) < 4.78 is 40.3. The molecule has 2 aliphatic heterocycles. The Kier molecular flexibility index (Phi) is 8.61. The number of aryl methyl sites for hydroxylation is 1. The number of anilines is 2. The van der Waals surface area contributed by atoms with Crippen molar-refractivity contribution in [2.24, 2.45) is 0 Å². The molecule has 4 heterocycles. The summed E-state index contributed by atoms with van der Waals surface area (Å²) in [7, 11) is 0. The van der Waals surface area contributed by atoms with Gasteiger partial charge in [0.15, 0.2) is 17.4 Å². The number of aromatic nitrogens is 3. The van der Waals surface area contributed by atoms with E-state index in [4.69, 9.17) is 45.3 Å². The standard InChI is InChI=1S/C33H31Cl3F2N6O3/c1-6-20(45)42-12-16(5)43-17(13-42)8-10-47-31-23-30(24(36)21(26(31)38)22-25(37)18(34)11-19(35)27(22)39)44(33(46)41-32(23)43)29-15(4)7-9-40-28(29)14(2)3/h6-7,9,11,14,16-17H,1,8,10,12-13,39H2,2-5H3. The van der Waals surface area contributed by atoms with E-state index in [0.29, 0.717) is 29.9 Å². The SMILES string of the molecule is C=CC(=O)N1CC(C)N2c3nc(=O)n(-c4c(C)ccnc4C(C)C)c4c(Cl)c(-c5c(N)c(Cl)cc(Cl)c5F)c(F)c(c34)OCCC2C1. The molecule has 0 spiro atoms. The third-order valence-corrected chi connectivity index (χ3v) is 9.70. The average Bonchev–Trinajstić information content (AvgIpc) is 3.01. The van der Waals surface area contributed by atoms with E-state index < -0.39 is 33.5 Å². The number of benzene rings is 2. The number of nitrogen functional groups attached to an aromatic ring is 1. The van der Waals surface area contributed by atoms with E-state index in [-0.39, 0.29) is 75.3 Å². The average molecular weight is 704 g/mol. The molecule has 2 unspecified atom stereocenters. The summed E-state index contributed by atoms with van der Waals surface area (Å²) in [5.41, 5.74) is 5.89. The van der Waals surface area contributed by atoms with Crippen molar-refractivity contribution < 1.29 is 18.3 Å². The highest BCUT2D eigenvalue weighted by Crippen LogP contribution is 2.51. The topological polar surface area (TPSA) is 107 Å². The zero-order valence-corrected chi connectivity index (χ0v) is 28.3. The lowest BCUT2D eigenvalue weighted by molar-refractivity contribution is -0.127. The molecule has 2 aliphatic rings. The Morgan fingerprint density at radius 3 is 2.57 bits per heavy atom. The van der Waals surface area contributed by atoms with Crippen molar-refractivity contribution >= 4 is 63.1 Å². The van der Waals surface area contributed by atoms with Crippen LogP contribution in [0.1, 0.15) is 44.4 Å². The van der Waals surface area contributed by atoms with Gasteiger partial charge in [-0.25, -0.2) is 13.6 Å². The van der Waals surface area contributed by atoms with Gasteiger partial charge >= 0.3 is 5.69 Å². The molecule has 1 saturated heterocycles. The van der Waals surface area contributed by atoms with Crippen molar-refractivity contribution in [3.63, 3.8) is 0 Å². The summed E-state index contributed by atoms with van der Waals surface area (Å²) in [6.07, 6.45) is 3.22. The zero-order chi connectivity index (χ0) is 34.1. The van der Waals surface area contributed by atoms with Crippen LogP contribution in [0, 0.1) is 18.6 Å². The van der Waals surface area contributed by atoms with E-state index in [9.17, 15) is 9.59 Å². The Morgan fingerprint density at radius 2 is 1.89 bits per heavy atom. The van der Waals surface area contributed by atoms with Crippen LogP contribution < -0.4 is 21.1 Å². The first-order valence-corrected chi connectivity index (χ1v) is 16.1. The number of carbonyl (C=O) groups is 1. The highest BCUT2D eigenvalue weighted by Gasteiger charge is 2.40. The molecule has 14 heteroatoms. The zero-order valence-electron chi connectivity index (χ0n) is 26.0. The fourth-order valence-electron chi connectivity index (χ4n) is 6.65. The second kappa shape index (κ2) is 12.3. The predicted molar refractivity (Wildman–Crippen MR) is 181 cm³/mol. The smallest absolute Gasteiger partial charge is 0.354 e. The first-order chi connectivity index (χ1) is 22.3. The summed E-state index contributed by atoms with van der Waals surface area (Å²) >= 11 is 19.6. The van der Waals surface area contributed by atoms with Crippen molar-refractivity contribution in [2.75, 3.05) is 30.3 Å². The molecule has 2 aromatic heterocycles. The van der Waals surface area contributed by atoms with Gasteiger partial charge in [-0.3, -0.25) is 14.3 Å². The Labute approximate surface area is 284 Å². The Bertz CT molecular complexity index is 2030. The van der Waals surface area contributed by atoms with Crippen molar-refractivity contribution in [3.8, 4) is 22.6 Å². The van der Waals surface area contributed by atoms with Gasteiger partial charge in [0, 0.05) is 42.9 Å². The first kappa shape index (κ1) is 33.0.